The van der Waals surface area contributed by atoms with E-state index >= 15 is 0 Å². The maximum Gasteiger partial charge on any atom is 0.211 e. The highest BCUT2D eigenvalue weighted by Crippen LogP contribution is 2.30. The molecule has 2 fully saturated rings. The minimum atomic E-state index is -3.05. The summed E-state index contributed by atoms with van der Waals surface area (Å²) in [6, 6.07) is 2.42. The molecule has 2 saturated heterocycles. The summed E-state index contributed by atoms with van der Waals surface area (Å²) in [5.41, 5.74) is -0.165. The Morgan fingerprint density at radius 1 is 1.30 bits per heavy atom. The Morgan fingerprint density at radius 2 is 1.95 bits per heavy atom. The molecule has 0 aromatic carbocycles. The van der Waals surface area contributed by atoms with Crippen LogP contribution in [0.1, 0.15) is 32.6 Å². The molecule has 2 aliphatic heterocycles. The molecule has 0 bridgehead atoms. The van der Waals surface area contributed by atoms with Gasteiger partial charge in [-0.15, -0.1) is 0 Å². The molecule has 0 N–H and O–H groups in total. The fourth-order valence-corrected chi connectivity index (χ4v) is 4.13. The van der Waals surface area contributed by atoms with Crippen molar-refractivity contribution in [1.29, 1.82) is 5.26 Å². The number of rotatable bonds is 3. The van der Waals surface area contributed by atoms with Gasteiger partial charge in [-0.2, -0.15) is 5.26 Å². The molecule has 1 atom stereocenters. The summed E-state index contributed by atoms with van der Waals surface area (Å²) < 4.78 is 24.9. The van der Waals surface area contributed by atoms with Gasteiger partial charge in [0.2, 0.25) is 10.0 Å². The van der Waals surface area contributed by atoms with Crippen molar-refractivity contribution < 1.29 is 8.42 Å². The minimum absolute atomic E-state index is 0.165. The van der Waals surface area contributed by atoms with Crippen molar-refractivity contribution >= 4 is 10.0 Å². The van der Waals surface area contributed by atoms with Gasteiger partial charge >= 0.3 is 0 Å². The van der Waals surface area contributed by atoms with Gasteiger partial charge in [-0.1, -0.05) is 0 Å². The van der Waals surface area contributed by atoms with E-state index in [1.54, 1.807) is 4.31 Å². The number of hydrogen-bond acceptors (Lipinski definition) is 4. The largest absolute Gasteiger partial charge is 0.303 e. The highest BCUT2D eigenvalue weighted by molar-refractivity contribution is 7.88. The molecule has 0 aromatic heterocycles. The van der Waals surface area contributed by atoms with E-state index in [0.29, 0.717) is 19.0 Å². The van der Waals surface area contributed by atoms with Crippen LogP contribution in [0.4, 0.5) is 0 Å². The van der Waals surface area contributed by atoms with E-state index in [4.69, 9.17) is 5.26 Å². The average molecular weight is 299 g/mol. The van der Waals surface area contributed by atoms with E-state index in [2.05, 4.69) is 11.0 Å². The highest BCUT2D eigenvalue weighted by atomic mass is 32.2. The highest BCUT2D eigenvalue weighted by Gasteiger charge is 2.32. The van der Waals surface area contributed by atoms with Crippen LogP contribution in [0.2, 0.25) is 0 Å². The van der Waals surface area contributed by atoms with Gasteiger partial charge in [-0.05, 0) is 51.6 Å². The fourth-order valence-electron chi connectivity index (χ4n) is 3.18. The predicted octanol–water partition coefficient (Wildman–Crippen LogP) is 1.28. The molecule has 2 rings (SSSR count). The maximum absolute atomic E-state index is 11.6. The van der Waals surface area contributed by atoms with Gasteiger partial charge in [-0.25, -0.2) is 12.7 Å². The zero-order chi connectivity index (χ0) is 14.8. The fraction of sp³-hybridized carbons (Fsp3) is 0.929. The number of hydrogen-bond donors (Lipinski definition) is 0. The van der Waals surface area contributed by atoms with Gasteiger partial charge in [0, 0.05) is 19.6 Å². The van der Waals surface area contributed by atoms with Crippen molar-refractivity contribution in [3.05, 3.63) is 0 Å². The van der Waals surface area contributed by atoms with Gasteiger partial charge in [0.25, 0.3) is 0 Å². The minimum Gasteiger partial charge on any atom is -0.303 e. The molecule has 6 heteroatoms. The molecule has 0 radical (unpaired) electrons. The van der Waals surface area contributed by atoms with Gasteiger partial charge in [0.15, 0.2) is 0 Å². The Labute approximate surface area is 122 Å². The van der Waals surface area contributed by atoms with Crippen LogP contribution < -0.4 is 0 Å². The Hall–Kier alpha value is -0.640. The van der Waals surface area contributed by atoms with Crippen LogP contribution in [0.15, 0.2) is 0 Å². The molecule has 5 nitrogen and oxygen atoms in total. The molecule has 0 saturated carbocycles. The lowest BCUT2D eigenvalue weighted by molar-refractivity contribution is 0.119. The van der Waals surface area contributed by atoms with E-state index in [0.717, 1.165) is 45.3 Å². The van der Waals surface area contributed by atoms with Gasteiger partial charge in [-0.3, -0.25) is 0 Å². The Bertz CT molecular complexity index is 475. The first-order chi connectivity index (χ1) is 9.32. The van der Waals surface area contributed by atoms with Crippen LogP contribution in [0, 0.1) is 22.7 Å². The summed E-state index contributed by atoms with van der Waals surface area (Å²) in [6.07, 6.45) is 5.21. The summed E-state index contributed by atoms with van der Waals surface area (Å²) in [5.74, 6) is 0.435. The Morgan fingerprint density at radius 3 is 2.50 bits per heavy atom. The zero-order valence-electron chi connectivity index (χ0n) is 12.5. The number of likely N-dealkylation sites (tertiary alicyclic amines) is 1. The van der Waals surface area contributed by atoms with Crippen LogP contribution in [0.5, 0.6) is 0 Å². The third-order valence-electron chi connectivity index (χ3n) is 4.70. The van der Waals surface area contributed by atoms with Gasteiger partial charge < -0.3 is 4.90 Å². The molecule has 0 aromatic rings. The quantitative estimate of drug-likeness (QED) is 0.787. The topological polar surface area (TPSA) is 64.4 Å². The molecule has 2 heterocycles. The van der Waals surface area contributed by atoms with Crippen LogP contribution in [-0.4, -0.2) is 56.6 Å². The lowest BCUT2D eigenvalue weighted by Gasteiger charge is -2.39. The second-order valence-electron chi connectivity index (χ2n) is 6.60. The number of nitrogens with zero attached hydrogens (tertiary/aromatic N) is 3. The third kappa shape index (κ3) is 3.94. The monoisotopic (exact) mass is 299 g/mol. The molecule has 20 heavy (non-hydrogen) atoms. The van der Waals surface area contributed by atoms with Crippen molar-refractivity contribution in [2.45, 2.75) is 32.6 Å². The predicted molar refractivity (Wildman–Crippen MR) is 78.5 cm³/mol. The van der Waals surface area contributed by atoms with Crippen LogP contribution >= 0.6 is 0 Å². The SMILES string of the molecule is CC1(C#N)CCN(CC2CCCN(S(C)(=O)=O)C2)CC1. The maximum atomic E-state index is 11.6. The Kier molecular flexibility index (Phi) is 4.73. The first-order valence-electron chi connectivity index (χ1n) is 7.41. The standard InChI is InChI=1S/C14H25N3O2S/c1-14(12-15)5-8-16(9-6-14)10-13-4-3-7-17(11-13)20(2,18)19/h13H,3-11H2,1-2H3. The van der Waals surface area contributed by atoms with E-state index in [1.807, 2.05) is 6.92 Å². The average Bonchev–Trinajstić information content (AvgIpc) is 2.41. The second-order valence-corrected chi connectivity index (χ2v) is 8.58. The van der Waals surface area contributed by atoms with E-state index in [-0.39, 0.29) is 5.41 Å². The molecular formula is C14H25N3O2S. The van der Waals surface area contributed by atoms with E-state index in [9.17, 15) is 8.42 Å². The van der Waals surface area contributed by atoms with E-state index < -0.39 is 10.0 Å². The molecule has 114 valence electrons. The number of piperidine rings is 2. The van der Waals surface area contributed by atoms with Crippen molar-refractivity contribution in [1.82, 2.24) is 9.21 Å². The van der Waals surface area contributed by atoms with Crippen molar-refractivity contribution in [3.63, 3.8) is 0 Å². The smallest absolute Gasteiger partial charge is 0.211 e. The molecule has 0 aliphatic carbocycles. The lowest BCUT2D eigenvalue weighted by Crippen LogP contribution is -2.46. The first kappa shape index (κ1) is 15.7. The first-order valence-corrected chi connectivity index (χ1v) is 9.26. The van der Waals surface area contributed by atoms with Gasteiger partial charge in [0.05, 0.1) is 17.7 Å². The van der Waals surface area contributed by atoms with Crippen molar-refractivity contribution in [2.24, 2.45) is 11.3 Å². The van der Waals surface area contributed by atoms with Crippen molar-refractivity contribution in [2.75, 3.05) is 39.0 Å². The van der Waals surface area contributed by atoms with Crippen LogP contribution in [0.3, 0.4) is 0 Å². The molecular weight excluding hydrogens is 274 g/mol. The van der Waals surface area contributed by atoms with Crippen molar-refractivity contribution in [3.8, 4) is 6.07 Å². The summed E-state index contributed by atoms with van der Waals surface area (Å²) in [6.45, 7) is 6.25. The molecule has 2 aliphatic rings. The molecule has 0 amide bonds. The molecule has 1 unspecified atom stereocenters. The van der Waals surface area contributed by atoms with Crippen LogP contribution in [-0.2, 0) is 10.0 Å². The molecule has 0 spiro atoms. The lowest BCUT2D eigenvalue weighted by atomic mass is 9.81. The number of sulfonamides is 1. The summed E-state index contributed by atoms with van der Waals surface area (Å²) in [4.78, 5) is 2.40. The summed E-state index contributed by atoms with van der Waals surface area (Å²) >= 11 is 0. The zero-order valence-corrected chi connectivity index (χ0v) is 13.3. The number of nitriles is 1. The van der Waals surface area contributed by atoms with Crippen LogP contribution in [0.25, 0.3) is 0 Å². The Balaban J connectivity index is 1.84. The van der Waals surface area contributed by atoms with Gasteiger partial charge in [0.1, 0.15) is 0 Å². The summed E-state index contributed by atoms with van der Waals surface area (Å²) in [7, 11) is -3.05. The normalized spacial score (nSPS) is 28.9. The summed E-state index contributed by atoms with van der Waals surface area (Å²) in [5, 5.41) is 9.14. The van der Waals surface area contributed by atoms with E-state index in [1.165, 1.54) is 6.26 Å². The third-order valence-corrected chi connectivity index (χ3v) is 5.97. The second kappa shape index (κ2) is 6.00.